The molecule has 0 radical (unpaired) electrons. The van der Waals surface area contributed by atoms with Gasteiger partial charge in [-0.3, -0.25) is 4.79 Å². The Balaban J connectivity index is 2.04. The first-order valence-corrected chi connectivity index (χ1v) is 5.76. The number of H-pyrrole nitrogens is 1. The van der Waals surface area contributed by atoms with E-state index in [0.717, 1.165) is 5.56 Å². The van der Waals surface area contributed by atoms with Gasteiger partial charge in [0, 0.05) is 6.54 Å². The van der Waals surface area contributed by atoms with Gasteiger partial charge in [-0.05, 0) is 5.56 Å². The van der Waals surface area contributed by atoms with E-state index in [2.05, 4.69) is 15.3 Å². The minimum Gasteiger partial charge on any atom is -0.387 e. The maximum Gasteiger partial charge on any atom is 0.271 e. The SMILES string of the molecule is O=c1[nH]cnc(NCC(O)c2ccccc2)c1Cl. The number of anilines is 1. The summed E-state index contributed by atoms with van der Waals surface area (Å²) >= 11 is 5.77. The van der Waals surface area contributed by atoms with Gasteiger partial charge in [0.05, 0.1) is 12.4 Å². The Kier molecular flexibility index (Phi) is 3.96. The number of nitrogens with one attached hydrogen (secondary N) is 2. The van der Waals surface area contributed by atoms with Crippen LogP contribution in [0.15, 0.2) is 41.5 Å². The number of hydrogen-bond donors (Lipinski definition) is 3. The van der Waals surface area contributed by atoms with Gasteiger partial charge >= 0.3 is 0 Å². The van der Waals surface area contributed by atoms with E-state index < -0.39 is 11.7 Å². The van der Waals surface area contributed by atoms with Crippen LogP contribution in [0.2, 0.25) is 5.02 Å². The maximum atomic E-state index is 11.2. The number of hydrogen-bond acceptors (Lipinski definition) is 4. The van der Waals surface area contributed by atoms with Gasteiger partial charge in [-0.1, -0.05) is 41.9 Å². The van der Waals surface area contributed by atoms with Gasteiger partial charge in [-0.15, -0.1) is 0 Å². The molecule has 1 aromatic heterocycles. The highest BCUT2D eigenvalue weighted by Gasteiger charge is 2.09. The molecule has 2 rings (SSSR count). The molecule has 0 aliphatic rings. The van der Waals surface area contributed by atoms with Crippen molar-refractivity contribution in [1.82, 2.24) is 9.97 Å². The van der Waals surface area contributed by atoms with Gasteiger partial charge in [0.15, 0.2) is 5.82 Å². The van der Waals surface area contributed by atoms with Crippen molar-refractivity contribution in [1.29, 1.82) is 0 Å². The van der Waals surface area contributed by atoms with Crippen molar-refractivity contribution in [3.8, 4) is 0 Å². The van der Waals surface area contributed by atoms with Crippen LogP contribution in [0.25, 0.3) is 0 Å². The minimum atomic E-state index is -0.691. The number of benzene rings is 1. The second-order valence-corrected chi connectivity index (χ2v) is 4.08. The van der Waals surface area contributed by atoms with Gasteiger partial charge in [-0.2, -0.15) is 0 Å². The molecule has 1 aromatic carbocycles. The number of aromatic amines is 1. The van der Waals surface area contributed by atoms with Crippen LogP contribution >= 0.6 is 11.6 Å². The highest BCUT2D eigenvalue weighted by Crippen LogP contribution is 2.16. The molecular formula is C12H12ClN3O2. The average Bonchev–Trinajstić information content (AvgIpc) is 2.41. The highest BCUT2D eigenvalue weighted by atomic mass is 35.5. The number of halogens is 1. The number of nitrogens with zero attached hydrogens (tertiary/aromatic N) is 1. The first-order chi connectivity index (χ1) is 8.68. The first-order valence-electron chi connectivity index (χ1n) is 5.38. The van der Waals surface area contributed by atoms with Crippen molar-refractivity contribution in [2.75, 3.05) is 11.9 Å². The molecule has 0 aliphatic heterocycles. The van der Waals surface area contributed by atoms with Crippen LogP contribution < -0.4 is 10.9 Å². The lowest BCUT2D eigenvalue weighted by Gasteiger charge is -2.12. The van der Waals surface area contributed by atoms with Crippen LogP contribution in [-0.4, -0.2) is 21.6 Å². The summed E-state index contributed by atoms with van der Waals surface area (Å²) in [6, 6.07) is 9.20. The number of rotatable bonds is 4. The van der Waals surface area contributed by atoms with Gasteiger partial charge in [0.25, 0.3) is 5.56 Å². The Hall–Kier alpha value is -1.85. The Morgan fingerprint density at radius 3 is 2.83 bits per heavy atom. The second-order valence-electron chi connectivity index (χ2n) is 3.70. The Bertz CT molecular complexity index is 571. The Morgan fingerprint density at radius 1 is 1.39 bits per heavy atom. The molecule has 1 atom stereocenters. The van der Waals surface area contributed by atoms with E-state index in [9.17, 15) is 9.90 Å². The fourth-order valence-corrected chi connectivity index (χ4v) is 1.66. The molecule has 2 aromatic rings. The normalized spacial score (nSPS) is 12.1. The Morgan fingerprint density at radius 2 is 2.11 bits per heavy atom. The fraction of sp³-hybridized carbons (Fsp3) is 0.167. The number of aliphatic hydroxyl groups is 1. The van der Waals surface area contributed by atoms with Gasteiger partial charge < -0.3 is 15.4 Å². The summed E-state index contributed by atoms with van der Waals surface area (Å²) in [6.07, 6.45) is 0.564. The predicted octanol–water partition coefficient (Wildman–Crippen LogP) is 1.57. The third-order valence-electron chi connectivity index (χ3n) is 2.44. The molecule has 6 heteroatoms. The van der Waals surface area contributed by atoms with Crippen molar-refractivity contribution in [2.24, 2.45) is 0 Å². The zero-order valence-corrected chi connectivity index (χ0v) is 10.2. The molecule has 0 bridgehead atoms. The van der Waals surface area contributed by atoms with Crippen LogP contribution in [-0.2, 0) is 0 Å². The molecule has 1 heterocycles. The van der Waals surface area contributed by atoms with Crippen molar-refractivity contribution in [3.05, 3.63) is 57.6 Å². The molecule has 0 saturated heterocycles. The van der Waals surface area contributed by atoms with Crippen molar-refractivity contribution >= 4 is 17.4 Å². The molecule has 0 fully saturated rings. The van der Waals surface area contributed by atoms with Crippen molar-refractivity contribution in [3.63, 3.8) is 0 Å². The fourth-order valence-electron chi connectivity index (χ4n) is 1.49. The lowest BCUT2D eigenvalue weighted by Crippen LogP contribution is -2.16. The average molecular weight is 266 g/mol. The molecule has 3 N–H and O–H groups in total. The molecule has 94 valence electrons. The number of aromatic nitrogens is 2. The van der Waals surface area contributed by atoms with Crippen LogP contribution in [0.5, 0.6) is 0 Å². The van der Waals surface area contributed by atoms with Crippen molar-refractivity contribution < 1.29 is 5.11 Å². The lowest BCUT2D eigenvalue weighted by molar-refractivity contribution is 0.191. The molecule has 0 spiro atoms. The zero-order chi connectivity index (χ0) is 13.0. The predicted molar refractivity (Wildman–Crippen MR) is 69.8 cm³/mol. The topological polar surface area (TPSA) is 78.0 Å². The molecular weight excluding hydrogens is 254 g/mol. The summed E-state index contributed by atoms with van der Waals surface area (Å²) in [5.74, 6) is 0.260. The molecule has 0 amide bonds. The monoisotopic (exact) mass is 265 g/mol. The van der Waals surface area contributed by atoms with Gasteiger partial charge in [-0.25, -0.2) is 4.98 Å². The standard InChI is InChI=1S/C12H12ClN3O2/c13-10-11(15-7-16-12(10)18)14-6-9(17)8-4-2-1-3-5-8/h1-5,7,9,17H,6H2,(H2,14,15,16,18). The third-order valence-corrected chi connectivity index (χ3v) is 2.79. The zero-order valence-electron chi connectivity index (χ0n) is 9.43. The first kappa shape index (κ1) is 12.6. The van der Waals surface area contributed by atoms with Crippen LogP contribution in [0.4, 0.5) is 5.82 Å². The van der Waals surface area contributed by atoms with E-state index in [4.69, 9.17) is 11.6 Å². The quantitative estimate of drug-likeness (QED) is 0.784. The lowest BCUT2D eigenvalue weighted by atomic mass is 10.1. The van der Waals surface area contributed by atoms with E-state index in [1.54, 1.807) is 0 Å². The summed E-state index contributed by atoms with van der Waals surface area (Å²) in [5, 5.41) is 12.7. The molecule has 0 aliphatic carbocycles. The smallest absolute Gasteiger partial charge is 0.271 e. The van der Waals surface area contributed by atoms with E-state index in [-0.39, 0.29) is 17.4 Å². The summed E-state index contributed by atoms with van der Waals surface area (Å²) < 4.78 is 0. The number of aliphatic hydroxyl groups excluding tert-OH is 1. The van der Waals surface area contributed by atoms with E-state index >= 15 is 0 Å². The third kappa shape index (κ3) is 2.88. The van der Waals surface area contributed by atoms with E-state index in [0.29, 0.717) is 0 Å². The maximum absolute atomic E-state index is 11.2. The summed E-state index contributed by atoms with van der Waals surface area (Å²) in [7, 11) is 0. The van der Waals surface area contributed by atoms with E-state index in [1.807, 2.05) is 30.3 Å². The minimum absolute atomic E-state index is 0.0160. The summed E-state index contributed by atoms with van der Waals surface area (Å²) in [5.41, 5.74) is 0.370. The Labute approximate surface area is 108 Å². The van der Waals surface area contributed by atoms with E-state index in [1.165, 1.54) is 6.33 Å². The summed E-state index contributed by atoms with van der Waals surface area (Å²) in [4.78, 5) is 17.5. The highest BCUT2D eigenvalue weighted by molar-refractivity contribution is 6.32. The molecule has 18 heavy (non-hydrogen) atoms. The summed E-state index contributed by atoms with van der Waals surface area (Å²) in [6.45, 7) is 0.222. The van der Waals surface area contributed by atoms with Gasteiger partial charge in [0.1, 0.15) is 5.02 Å². The molecule has 5 nitrogen and oxygen atoms in total. The second kappa shape index (κ2) is 5.66. The molecule has 1 unspecified atom stereocenters. The van der Waals surface area contributed by atoms with Gasteiger partial charge in [0.2, 0.25) is 0 Å². The van der Waals surface area contributed by atoms with Crippen LogP contribution in [0.3, 0.4) is 0 Å². The molecule has 0 saturated carbocycles. The largest absolute Gasteiger partial charge is 0.387 e. The van der Waals surface area contributed by atoms with Crippen molar-refractivity contribution in [2.45, 2.75) is 6.10 Å². The van der Waals surface area contributed by atoms with Crippen LogP contribution in [0.1, 0.15) is 11.7 Å². The van der Waals surface area contributed by atoms with Crippen LogP contribution in [0, 0.1) is 0 Å².